The van der Waals surface area contributed by atoms with Crippen molar-refractivity contribution in [2.24, 2.45) is 4.99 Å². The lowest BCUT2D eigenvalue weighted by Crippen LogP contribution is -1.97. The summed E-state index contributed by atoms with van der Waals surface area (Å²) in [5.41, 5.74) is 2.75. The first-order valence-electron chi connectivity index (χ1n) is 9.70. The summed E-state index contributed by atoms with van der Waals surface area (Å²) in [6.07, 6.45) is 1.82. The molecule has 0 heterocycles. The Morgan fingerprint density at radius 3 is 2.26 bits per heavy atom. The lowest BCUT2D eigenvalue weighted by atomic mass is 10.2. The van der Waals surface area contributed by atoms with Crippen LogP contribution in [0.15, 0.2) is 107 Å². The molecule has 0 atom stereocenters. The van der Waals surface area contributed by atoms with Gasteiger partial charge in [0.1, 0.15) is 23.9 Å². The second-order valence-electron chi connectivity index (χ2n) is 6.74. The molecular weight excluding hydrogens is 474 g/mol. The lowest BCUT2D eigenvalue weighted by Gasteiger charge is -2.10. The second kappa shape index (κ2) is 10.3. The van der Waals surface area contributed by atoms with Crippen molar-refractivity contribution in [2.75, 3.05) is 0 Å². The Morgan fingerprint density at radius 1 is 0.806 bits per heavy atom. The summed E-state index contributed by atoms with van der Waals surface area (Å²) in [6, 6.07) is 30.8. The molecule has 4 aromatic rings. The van der Waals surface area contributed by atoms with E-state index in [2.05, 4.69) is 20.9 Å². The molecular formula is C26H19BrClNO2. The largest absolute Gasteiger partial charge is 0.488 e. The van der Waals surface area contributed by atoms with E-state index >= 15 is 0 Å². The van der Waals surface area contributed by atoms with Crippen molar-refractivity contribution in [3.8, 4) is 17.2 Å². The molecule has 3 nitrogen and oxygen atoms in total. The maximum atomic E-state index is 6.19. The number of ether oxygens (including phenoxy) is 2. The number of halogens is 2. The maximum Gasteiger partial charge on any atom is 0.134 e. The van der Waals surface area contributed by atoms with E-state index in [0.29, 0.717) is 11.6 Å². The highest BCUT2D eigenvalue weighted by atomic mass is 79.9. The van der Waals surface area contributed by atoms with Gasteiger partial charge in [0.25, 0.3) is 0 Å². The van der Waals surface area contributed by atoms with Crippen molar-refractivity contribution >= 4 is 39.4 Å². The number of rotatable bonds is 7. The van der Waals surface area contributed by atoms with Gasteiger partial charge in [0.2, 0.25) is 0 Å². The van der Waals surface area contributed by atoms with E-state index in [0.717, 1.165) is 38.5 Å². The molecule has 0 aliphatic heterocycles. The fourth-order valence-corrected chi connectivity index (χ4v) is 3.56. The average molecular weight is 493 g/mol. The highest BCUT2D eigenvalue weighted by Crippen LogP contribution is 2.28. The first-order valence-corrected chi connectivity index (χ1v) is 10.9. The summed E-state index contributed by atoms with van der Waals surface area (Å²) in [5.74, 6) is 2.33. The van der Waals surface area contributed by atoms with Crippen LogP contribution in [0.1, 0.15) is 11.1 Å². The fraction of sp³-hybridized carbons (Fsp3) is 0.0385. The van der Waals surface area contributed by atoms with Gasteiger partial charge in [-0.25, -0.2) is 0 Å². The van der Waals surface area contributed by atoms with Gasteiger partial charge in [0.15, 0.2) is 0 Å². The first-order chi connectivity index (χ1) is 15.2. The molecule has 0 fully saturated rings. The summed E-state index contributed by atoms with van der Waals surface area (Å²) >= 11 is 9.76. The van der Waals surface area contributed by atoms with Crippen LogP contribution in [0.3, 0.4) is 0 Å². The van der Waals surface area contributed by atoms with Crippen LogP contribution < -0.4 is 9.47 Å². The average Bonchev–Trinajstić information content (AvgIpc) is 2.80. The third-order valence-corrected chi connectivity index (χ3v) is 5.46. The van der Waals surface area contributed by atoms with Crippen LogP contribution in [-0.2, 0) is 6.61 Å². The molecule has 0 aliphatic carbocycles. The molecule has 0 spiro atoms. The number of aliphatic imine (C=N–C) groups is 1. The Kier molecular flexibility index (Phi) is 7.03. The third kappa shape index (κ3) is 5.97. The molecule has 31 heavy (non-hydrogen) atoms. The summed E-state index contributed by atoms with van der Waals surface area (Å²) in [6.45, 7) is 0.406. The summed E-state index contributed by atoms with van der Waals surface area (Å²) in [7, 11) is 0. The standard InChI is InChI=1S/C26H19BrClNO2/c27-24-16-19(10-15-26(24)30-18-20-6-4-5-9-25(20)28)17-29-21-11-13-23(14-12-21)31-22-7-2-1-3-8-22/h1-17H,18H2. The van der Waals surface area contributed by atoms with Crippen molar-refractivity contribution < 1.29 is 9.47 Å². The van der Waals surface area contributed by atoms with Gasteiger partial charge >= 0.3 is 0 Å². The second-order valence-corrected chi connectivity index (χ2v) is 8.00. The van der Waals surface area contributed by atoms with Crippen molar-refractivity contribution in [1.82, 2.24) is 0 Å². The van der Waals surface area contributed by atoms with Gasteiger partial charge in [0.05, 0.1) is 10.2 Å². The quantitative estimate of drug-likeness (QED) is 0.243. The molecule has 0 radical (unpaired) electrons. The van der Waals surface area contributed by atoms with Gasteiger partial charge in [-0.05, 0) is 82.2 Å². The zero-order valence-electron chi connectivity index (χ0n) is 16.5. The van der Waals surface area contributed by atoms with E-state index < -0.39 is 0 Å². The van der Waals surface area contributed by atoms with E-state index in [-0.39, 0.29) is 0 Å². The van der Waals surface area contributed by atoms with Crippen molar-refractivity contribution in [1.29, 1.82) is 0 Å². The predicted molar refractivity (Wildman–Crippen MR) is 130 cm³/mol. The van der Waals surface area contributed by atoms with Crippen LogP contribution in [0.2, 0.25) is 5.02 Å². The van der Waals surface area contributed by atoms with Gasteiger partial charge in [-0.1, -0.05) is 48.0 Å². The summed E-state index contributed by atoms with van der Waals surface area (Å²) in [5, 5.41) is 0.697. The van der Waals surface area contributed by atoms with E-state index in [1.54, 1.807) is 0 Å². The Morgan fingerprint density at radius 2 is 1.52 bits per heavy atom. The minimum Gasteiger partial charge on any atom is -0.488 e. The molecule has 0 amide bonds. The minimum absolute atomic E-state index is 0.406. The maximum absolute atomic E-state index is 6.19. The van der Waals surface area contributed by atoms with E-state index in [9.17, 15) is 0 Å². The van der Waals surface area contributed by atoms with Crippen LogP contribution in [0.25, 0.3) is 0 Å². The molecule has 5 heteroatoms. The van der Waals surface area contributed by atoms with Gasteiger partial charge in [-0.2, -0.15) is 0 Å². The molecule has 0 unspecified atom stereocenters. The molecule has 0 aromatic heterocycles. The van der Waals surface area contributed by atoms with Crippen LogP contribution in [0.5, 0.6) is 17.2 Å². The highest BCUT2D eigenvalue weighted by Gasteiger charge is 2.05. The van der Waals surface area contributed by atoms with Crippen molar-refractivity contribution in [3.63, 3.8) is 0 Å². The SMILES string of the molecule is Clc1ccccc1COc1ccc(C=Nc2ccc(Oc3ccccc3)cc2)cc1Br. The molecule has 4 rings (SSSR count). The molecule has 0 N–H and O–H groups in total. The van der Waals surface area contributed by atoms with Gasteiger partial charge < -0.3 is 9.47 Å². The number of nitrogens with zero attached hydrogens (tertiary/aromatic N) is 1. The number of hydrogen-bond acceptors (Lipinski definition) is 3. The fourth-order valence-electron chi connectivity index (χ4n) is 2.86. The van der Waals surface area contributed by atoms with Gasteiger partial charge in [-0.15, -0.1) is 0 Å². The van der Waals surface area contributed by atoms with Crippen LogP contribution in [0, 0.1) is 0 Å². The third-order valence-electron chi connectivity index (χ3n) is 4.48. The molecule has 0 saturated heterocycles. The summed E-state index contributed by atoms with van der Waals surface area (Å²) in [4.78, 5) is 4.54. The monoisotopic (exact) mass is 491 g/mol. The van der Waals surface area contributed by atoms with Crippen LogP contribution in [0.4, 0.5) is 5.69 Å². The number of hydrogen-bond donors (Lipinski definition) is 0. The molecule has 0 bridgehead atoms. The van der Waals surface area contributed by atoms with Crippen molar-refractivity contribution in [2.45, 2.75) is 6.61 Å². The number of para-hydroxylation sites is 1. The minimum atomic E-state index is 0.406. The Balaban J connectivity index is 1.37. The lowest BCUT2D eigenvalue weighted by molar-refractivity contribution is 0.304. The normalized spacial score (nSPS) is 10.9. The molecule has 154 valence electrons. The van der Waals surface area contributed by atoms with Crippen LogP contribution in [-0.4, -0.2) is 6.21 Å². The van der Waals surface area contributed by atoms with E-state index in [1.165, 1.54) is 0 Å². The Labute approximate surface area is 195 Å². The zero-order valence-corrected chi connectivity index (χ0v) is 18.9. The summed E-state index contributed by atoms with van der Waals surface area (Å²) < 4.78 is 12.6. The van der Waals surface area contributed by atoms with E-state index in [1.807, 2.05) is 103 Å². The predicted octanol–water partition coefficient (Wildman–Crippen LogP) is 8.22. The molecule has 0 saturated carbocycles. The topological polar surface area (TPSA) is 30.8 Å². The Bertz CT molecular complexity index is 1180. The molecule has 4 aromatic carbocycles. The van der Waals surface area contributed by atoms with Crippen LogP contribution >= 0.6 is 27.5 Å². The number of benzene rings is 4. The smallest absolute Gasteiger partial charge is 0.134 e. The van der Waals surface area contributed by atoms with Gasteiger partial charge in [-0.3, -0.25) is 4.99 Å². The van der Waals surface area contributed by atoms with E-state index in [4.69, 9.17) is 21.1 Å². The van der Waals surface area contributed by atoms with Crippen molar-refractivity contribution in [3.05, 3.63) is 118 Å². The zero-order chi connectivity index (χ0) is 21.5. The highest BCUT2D eigenvalue weighted by molar-refractivity contribution is 9.10. The Hall–Kier alpha value is -3.08. The van der Waals surface area contributed by atoms with Gasteiger partial charge in [0, 0.05) is 16.8 Å². The molecule has 0 aliphatic rings. The first kappa shape index (κ1) is 21.2.